The number of alkyl halides is 1. The van der Waals surface area contributed by atoms with E-state index in [1.54, 1.807) is 6.33 Å². The Morgan fingerprint density at radius 2 is 2.18 bits per heavy atom. The number of fused-ring (bicyclic) bond motifs is 1. The molecule has 0 unspecified atom stereocenters. The summed E-state index contributed by atoms with van der Waals surface area (Å²) in [6.45, 7) is 7.07. The Morgan fingerprint density at radius 3 is 2.86 bits per heavy atom. The molecule has 2 atom stereocenters. The molecule has 6 nitrogen and oxygen atoms in total. The zero-order valence-electron chi connectivity index (χ0n) is 17.0. The van der Waals surface area contributed by atoms with Crippen LogP contribution in [0.4, 0.5) is 5.82 Å². The average molecular weight is 404 g/mol. The molecule has 2 aromatic heterocycles. The maximum Gasteiger partial charge on any atom is 0.209 e. The van der Waals surface area contributed by atoms with Gasteiger partial charge in [0.05, 0.1) is 6.33 Å². The lowest BCUT2D eigenvalue weighted by molar-refractivity contribution is 0.0410. The summed E-state index contributed by atoms with van der Waals surface area (Å²) in [6, 6.07) is 0.306. The van der Waals surface area contributed by atoms with Gasteiger partial charge >= 0.3 is 0 Å². The third kappa shape index (κ3) is 4.76. The fraction of sp³-hybridized carbons (Fsp3) is 0.667. The van der Waals surface area contributed by atoms with Crippen molar-refractivity contribution in [1.82, 2.24) is 19.5 Å². The zero-order chi connectivity index (χ0) is 20.1. The molecule has 2 N–H and O–H groups in total. The molecule has 2 heterocycles. The van der Waals surface area contributed by atoms with Crippen LogP contribution in [0.1, 0.15) is 65.1 Å². The molecule has 0 aliphatic heterocycles. The van der Waals surface area contributed by atoms with Gasteiger partial charge in [0.1, 0.15) is 5.60 Å². The van der Waals surface area contributed by atoms with Gasteiger partial charge in [-0.1, -0.05) is 33.1 Å². The Balaban J connectivity index is 2.00. The molecule has 0 aromatic carbocycles. The number of aryl methyl sites for hydroxylation is 1. The third-order valence-electron chi connectivity index (χ3n) is 5.50. The first-order chi connectivity index (χ1) is 13.5. The van der Waals surface area contributed by atoms with Gasteiger partial charge in [0.2, 0.25) is 5.82 Å². The van der Waals surface area contributed by atoms with Crippen molar-refractivity contribution < 1.29 is 5.11 Å². The summed E-state index contributed by atoms with van der Waals surface area (Å²) in [5.74, 6) is 8.16. The van der Waals surface area contributed by atoms with Crippen LogP contribution in [0.15, 0.2) is 6.33 Å². The third-order valence-corrected chi connectivity index (χ3v) is 5.67. The van der Waals surface area contributed by atoms with Crippen LogP contribution in [-0.2, 0) is 6.54 Å². The van der Waals surface area contributed by atoms with Gasteiger partial charge in [-0.15, -0.1) is 11.6 Å². The standard InChI is InChI=1S/C21H30ClN5O/c1-4-16(5-2)24-19-18-20(27(12-11-22)14-23-18)26-17(25-19)8-10-21(28)9-6-7-15(3)13-21/h14-16,28H,4-7,9,11-13H2,1-3H3,(H,24,25,26)/t15-,21-/m1/s1. The van der Waals surface area contributed by atoms with Crippen molar-refractivity contribution in [3.63, 3.8) is 0 Å². The molecule has 0 amide bonds. The summed E-state index contributed by atoms with van der Waals surface area (Å²) in [5, 5.41) is 14.3. The maximum absolute atomic E-state index is 10.8. The summed E-state index contributed by atoms with van der Waals surface area (Å²) >= 11 is 5.93. The molecule has 7 heteroatoms. The molecule has 0 radical (unpaired) electrons. The van der Waals surface area contributed by atoms with Crippen LogP contribution in [0, 0.1) is 17.8 Å². The van der Waals surface area contributed by atoms with E-state index in [-0.39, 0.29) is 0 Å². The quantitative estimate of drug-likeness (QED) is 0.564. The Labute approximate surface area is 172 Å². The second kappa shape index (κ2) is 9.11. The van der Waals surface area contributed by atoms with Crippen LogP contribution in [0.25, 0.3) is 11.2 Å². The normalized spacial score (nSPS) is 22.3. The first-order valence-corrected chi connectivity index (χ1v) is 10.8. The molecule has 1 aliphatic rings. The lowest BCUT2D eigenvalue weighted by Crippen LogP contribution is -2.32. The highest BCUT2D eigenvalue weighted by atomic mass is 35.5. The molecule has 152 valence electrons. The monoisotopic (exact) mass is 403 g/mol. The lowest BCUT2D eigenvalue weighted by atomic mass is 9.79. The largest absolute Gasteiger partial charge is 0.378 e. The molecule has 1 saturated carbocycles. The fourth-order valence-electron chi connectivity index (χ4n) is 3.85. The second-order valence-corrected chi connectivity index (χ2v) is 8.21. The number of nitrogens with one attached hydrogen (secondary N) is 1. The minimum absolute atomic E-state index is 0.306. The number of imidazole rings is 1. The Morgan fingerprint density at radius 1 is 1.39 bits per heavy atom. The zero-order valence-corrected chi connectivity index (χ0v) is 17.8. The highest BCUT2D eigenvalue weighted by molar-refractivity contribution is 6.17. The van der Waals surface area contributed by atoms with Gasteiger partial charge < -0.3 is 15.0 Å². The number of halogens is 1. The molecular weight excluding hydrogens is 374 g/mol. The molecule has 1 aliphatic carbocycles. The number of aromatic nitrogens is 4. The van der Waals surface area contributed by atoms with Crippen LogP contribution >= 0.6 is 11.6 Å². The molecule has 1 fully saturated rings. The van der Waals surface area contributed by atoms with Crippen molar-refractivity contribution in [2.45, 2.75) is 77.5 Å². The van der Waals surface area contributed by atoms with Gasteiger partial charge in [0, 0.05) is 18.5 Å². The number of hydrogen-bond acceptors (Lipinski definition) is 5. The van der Waals surface area contributed by atoms with Crippen molar-refractivity contribution in [1.29, 1.82) is 0 Å². The molecule has 0 saturated heterocycles. The first kappa shape index (κ1) is 20.9. The number of rotatable bonds is 6. The molecule has 0 bridgehead atoms. The van der Waals surface area contributed by atoms with Crippen molar-refractivity contribution in [2.75, 3.05) is 11.2 Å². The Bertz CT molecular complexity index is 867. The average Bonchev–Trinajstić information content (AvgIpc) is 3.08. The highest BCUT2D eigenvalue weighted by Gasteiger charge is 2.30. The maximum atomic E-state index is 10.8. The molecule has 2 aromatic rings. The van der Waals surface area contributed by atoms with E-state index in [0.29, 0.717) is 48.9 Å². The van der Waals surface area contributed by atoms with E-state index in [1.165, 1.54) is 0 Å². The molecule has 28 heavy (non-hydrogen) atoms. The number of hydrogen-bond donors (Lipinski definition) is 2. The van der Waals surface area contributed by atoms with Gasteiger partial charge in [-0.25, -0.2) is 15.0 Å². The molecule has 0 spiro atoms. The number of anilines is 1. The van der Waals surface area contributed by atoms with E-state index >= 15 is 0 Å². The predicted octanol–water partition coefficient (Wildman–Crippen LogP) is 3.96. The fourth-order valence-corrected chi connectivity index (χ4v) is 4.03. The SMILES string of the molecule is CCC(CC)Nc1nc(C#C[C@]2(O)CCC[C@@H](C)C2)nc2c1ncn2CCCl. The second-order valence-electron chi connectivity index (χ2n) is 7.84. The van der Waals surface area contributed by atoms with Gasteiger partial charge in [-0.3, -0.25) is 0 Å². The van der Waals surface area contributed by atoms with Gasteiger partial charge in [0.25, 0.3) is 0 Å². The summed E-state index contributed by atoms with van der Waals surface area (Å²) in [4.78, 5) is 13.7. The Kier molecular flexibility index (Phi) is 6.79. The van der Waals surface area contributed by atoms with Crippen molar-refractivity contribution in [3.8, 4) is 11.8 Å². The van der Waals surface area contributed by atoms with E-state index in [0.717, 1.165) is 36.8 Å². The van der Waals surface area contributed by atoms with E-state index in [2.05, 4.69) is 52.9 Å². The molecular formula is C21H30ClN5O. The van der Waals surface area contributed by atoms with Crippen LogP contribution < -0.4 is 5.32 Å². The Hall–Kier alpha value is -1.84. The summed E-state index contributed by atoms with van der Waals surface area (Å²) in [7, 11) is 0. The van der Waals surface area contributed by atoms with E-state index in [1.807, 2.05) is 4.57 Å². The van der Waals surface area contributed by atoms with E-state index in [4.69, 9.17) is 11.6 Å². The summed E-state index contributed by atoms with van der Waals surface area (Å²) in [6.07, 6.45) is 7.27. The van der Waals surface area contributed by atoms with Gasteiger partial charge in [0.15, 0.2) is 17.0 Å². The van der Waals surface area contributed by atoms with Crippen LogP contribution in [0.3, 0.4) is 0 Å². The van der Waals surface area contributed by atoms with Gasteiger partial charge in [-0.05, 0) is 43.9 Å². The molecule has 3 rings (SSSR count). The number of aliphatic hydroxyl groups is 1. The van der Waals surface area contributed by atoms with Crippen LogP contribution in [0.2, 0.25) is 0 Å². The first-order valence-electron chi connectivity index (χ1n) is 10.3. The highest BCUT2D eigenvalue weighted by Crippen LogP contribution is 2.31. The lowest BCUT2D eigenvalue weighted by Gasteiger charge is -2.30. The van der Waals surface area contributed by atoms with Crippen molar-refractivity contribution >= 4 is 28.6 Å². The van der Waals surface area contributed by atoms with Crippen LogP contribution in [0.5, 0.6) is 0 Å². The topological polar surface area (TPSA) is 75.9 Å². The van der Waals surface area contributed by atoms with E-state index < -0.39 is 5.60 Å². The number of nitrogens with zero attached hydrogens (tertiary/aromatic N) is 4. The smallest absolute Gasteiger partial charge is 0.209 e. The van der Waals surface area contributed by atoms with Crippen molar-refractivity contribution in [3.05, 3.63) is 12.2 Å². The van der Waals surface area contributed by atoms with Gasteiger partial charge in [-0.2, -0.15) is 0 Å². The minimum Gasteiger partial charge on any atom is -0.378 e. The van der Waals surface area contributed by atoms with Crippen molar-refractivity contribution in [2.24, 2.45) is 5.92 Å². The minimum atomic E-state index is -0.949. The van der Waals surface area contributed by atoms with E-state index in [9.17, 15) is 5.11 Å². The predicted molar refractivity (Wildman–Crippen MR) is 113 cm³/mol. The summed E-state index contributed by atoms with van der Waals surface area (Å²) in [5.41, 5.74) is 0.500. The summed E-state index contributed by atoms with van der Waals surface area (Å²) < 4.78 is 1.92. The van der Waals surface area contributed by atoms with Crippen LogP contribution in [-0.4, -0.2) is 42.1 Å².